The lowest BCUT2D eigenvalue weighted by Crippen LogP contribution is -2.25. The molecule has 0 unspecified atom stereocenters. The molecule has 2 N–H and O–H groups in total. The Morgan fingerprint density at radius 3 is 2.67 bits per heavy atom. The van der Waals surface area contributed by atoms with E-state index in [1.807, 2.05) is 42.5 Å². The van der Waals surface area contributed by atoms with Crippen molar-refractivity contribution in [3.63, 3.8) is 0 Å². The molecule has 9 heteroatoms. The summed E-state index contributed by atoms with van der Waals surface area (Å²) in [6, 6.07) is 18.5. The molecule has 1 fully saturated rings. The van der Waals surface area contributed by atoms with Gasteiger partial charge in [0.15, 0.2) is 5.82 Å². The van der Waals surface area contributed by atoms with Crippen LogP contribution < -0.4 is 4.74 Å². The third-order valence-corrected chi connectivity index (χ3v) is 7.17. The molecule has 6 aromatic rings. The first-order valence-electron chi connectivity index (χ1n) is 13.1. The number of benzene rings is 2. The van der Waals surface area contributed by atoms with Gasteiger partial charge in [-0.1, -0.05) is 12.1 Å². The lowest BCUT2D eigenvalue weighted by molar-refractivity contribution is 0.237. The van der Waals surface area contributed by atoms with Gasteiger partial charge in [-0.3, -0.25) is 20.0 Å². The zero-order valence-corrected chi connectivity index (χ0v) is 21.2. The quantitative estimate of drug-likeness (QED) is 0.275. The Balaban J connectivity index is 1.23. The second kappa shape index (κ2) is 9.92. The van der Waals surface area contributed by atoms with Crippen molar-refractivity contribution in [2.75, 3.05) is 26.2 Å². The Bertz CT molecular complexity index is 1770. The Hall–Kier alpha value is -4.63. The molecule has 5 heterocycles. The molecule has 8 nitrogen and oxygen atoms in total. The van der Waals surface area contributed by atoms with E-state index in [9.17, 15) is 4.39 Å². The average molecular weight is 520 g/mol. The van der Waals surface area contributed by atoms with Crippen LogP contribution in [0.1, 0.15) is 12.8 Å². The topological polar surface area (TPSA) is 95.6 Å². The highest BCUT2D eigenvalue weighted by molar-refractivity contribution is 5.97. The molecule has 194 valence electrons. The SMILES string of the molecule is Fc1cc(OCCN2CCCC2)cc(-c2nccc3[nH]c(-c4n[nH]c5ccc(-c6ccccn6)cc45)nc23)c1. The number of hydrogen-bond acceptors (Lipinski definition) is 6. The Kier molecular flexibility index (Phi) is 5.97. The van der Waals surface area contributed by atoms with Gasteiger partial charge in [0.05, 0.1) is 22.4 Å². The van der Waals surface area contributed by atoms with Crippen LogP contribution in [0.5, 0.6) is 5.75 Å². The number of likely N-dealkylation sites (tertiary alicyclic amines) is 1. The van der Waals surface area contributed by atoms with Crippen molar-refractivity contribution in [1.29, 1.82) is 0 Å². The van der Waals surface area contributed by atoms with Gasteiger partial charge in [0, 0.05) is 41.5 Å². The minimum atomic E-state index is -0.376. The fourth-order valence-electron chi connectivity index (χ4n) is 5.23. The van der Waals surface area contributed by atoms with Gasteiger partial charge in [-0.15, -0.1) is 0 Å². The number of nitrogens with one attached hydrogen (secondary N) is 2. The van der Waals surface area contributed by atoms with Gasteiger partial charge in [-0.2, -0.15) is 5.10 Å². The van der Waals surface area contributed by atoms with E-state index in [2.05, 4.69) is 36.1 Å². The maximum atomic E-state index is 14.7. The minimum absolute atomic E-state index is 0.376. The van der Waals surface area contributed by atoms with Crippen LogP contribution in [0, 0.1) is 5.82 Å². The molecule has 0 atom stereocenters. The van der Waals surface area contributed by atoms with Crippen LogP contribution in [-0.2, 0) is 0 Å². The highest BCUT2D eigenvalue weighted by Crippen LogP contribution is 2.33. The third kappa shape index (κ3) is 4.61. The normalized spacial score (nSPS) is 14.0. The molecule has 0 amide bonds. The van der Waals surface area contributed by atoms with Crippen molar-refractivity contribution in [3.05, 3.63) is 78.9 Å². The molecule has 0 saturated carbocycles. The molecule has 4 aromatic heterocycles. The number of pyridine rings is 2. The molecule has 0 aliphatic carbocycles. The second-order valence-corrected chi connectivity index (χ2v) is 9.76. The molecule has 1 aliphatic rings. The van der Waals surface area contributed by atoms with E-state index in [0.29, 0.717) is 40.6 Å². The number of ether oxygens (including phenoxy) is 1. The van der Waals surface area contributed by atoms with Crippen LogP contribution in [0.2, 0.25) is 0 Å². The molecular formula is C30H26FN7O. The fourth-order valence-corrected chi connectivity index (χ4v) is 5.23. The zero-order chi connectivity index (χ0) is 26.2. The molecular weight excluding hydrogens is 493 g/mol. The molecule has 0 spiro atoms. The summed E-state index contributed by atoms with van der Waals surface area (Å²) in [5.41, 5.74) is 6.06. The van der Waals surface area contributed by atoms with Gasteiger partial charge in [-0.05, 0) is 68.4 Å². The predicted molar refractivity (Wildman–Crippen MR) is 149 cm³/mol. The number of halogens is 1. The van der Waals surface area contributed by atoms with Crippen molar-refractivity contribution < 1.29 is 9.13 Å². The summed E-state index contributed by atoms with van der Waals surface area (Å²) >= 11 is 0. The van der Waals surface area contributed by atoms with E-state index in [1.165, 1.54) is 25.0 Å². The van der Waals surface area contributed by atoms with Crippen molar-refractivity contribution >= 4 is 21.9 Å². The summed E-state index contributed by atoms with van der Waals surface area (Å²) in [6.45, 7) is 3.55. The number of imidazole rings is 1. The van der Waals surface area contributed by atoms with Crippen molar-refractivity contribution in [3.8, 4) is 39.8 Å². The first-order chi connectivity index (χ1) is 19.2. The summed E-state index contributed by atoms with van der Waals surface area (Å²) in [4.78, 5) is 19.6. The van der Waals surface area contributed by atoms with Crippen LogP contribution in [0.4, 0.5) is 4.39 Å². The summed E-state index contributed by atoms with van der Waals surface area (Å²) in [7, 11) is 0. The maximum Gasteiger partial charge on any atom is 0.159 e. The number of fused-ring (bicyclic) bond motifs is 2. The molecule has 0 bridgehead atoms. The van der Waals surface area contributed by atoms with Crippen molar-refractivity contribution in [2.45, 2.75) is 12.8 Å². The Labute approximate surface area is 223 Å². The van der Waals surface area contributed by atoms with Gasteiger partial charge < -0.3 is 9.72 Å². The van der Waals surface area contributed by atoms with Crippen LogP contribution in [0.3, 0.4) is 0 Å². The van der Waals surface area contributed by atoms with Gasteiger partial charge in [0.2, 0.25) is 0 Å². The fraction of sp³-hybridized carbons (Fsp3) is 0.200. The monoisotopic (exact) mass is 519 g/mol. The van der Waals surface area contributed by atoms with Gasteiger partial charge >= 0.3 is 0 Å². The number of aromatic amines is 2. The molecule has 1 saturated heterocycles. The largest absolute Gasteiger partial charge is 0.492 e. The first kappa shape index (κ1) is 23.5. The van der Waals surface area contributed by atoms with Crippen molar-refractivity contribution in [2.24, 2.45) is 0 Å². The Morgan fingerprint density at radius 1 is 0.872 bits per heavy atom. The zero-order valence-electron chi connectivity index (χ0n) is 21.2. The number of hydrogen-bond donors (Lipinski definition) is 2. The summed E-state index contributed by atoms with van der Waals surface area (Å²) in [5.74, 6) is 0.708. The molecule has 0 radical (unpaired) electrons. The molecule has 39 heavy (non-hydrogen) atoms. The van der Waals surface area contributed by atoms with E-state index in [4.69, 9.17) is 9.72 Å². The summed E-state index contributed by atoms with van der Waals surface area (Å²) < 4.78 is 20.6. The highest BCUT2D eigenvalue weighted by atomic mass is 19.1. The van der Waals surface area contributed by atoms with Crippen molar-refractivity contribution in [1.82, 2.24) is 35.0 Å². The standard InChI is InChI=1S/C30H26FN7O/c31-21-15-20(16-22(18-21)39-14-13-38-11-3-4-12-38)27-29-26(8-10-33-27)34-30(35-29)28-23-17-19(6-7-25(23)36-37-28)24-5-1-2-9-32-24/h1-2,5-10,15-18H,3-4,11-14H2,(H,34,35)(H,36,37). The lowest BCUT2D eigenvalue weighted by atomic mass is 10.1. The van der Waals surface area contributed by atoms with Crippen LogP contribution >= 0.6 is 0 Å². The highest BCUT2D eigenvalue weighted by Gasteiger charge is 2.18. The van der Waals surface area contributed by atoms with E-state index in [1.54, 1.807) is 12.4 Å². The number of rotatable bonds is 7. The molecule has 1 aliphatic heterocycles. The van der Waals surface area contributed by atoms with Gasteiger partial charge in [-0.25, -0.2) is 9.37 Å². The smallest absolute Gasteiger partial charge is 0.159 e. The van der Waals surface area contributed by atoms with Gasteiger partial charge in [0.25, 0.3) is 0 Å². The second-order valence-electron chi connectivity index (χ2n) is 9.76. The van der Waals surface area contributed by atoms with Gasteiger partial charge in [0.1, 0.15) is 29.4 Å². The molecule has 2 aromatic carbocycles. The van der Waals surface area contributed by atoms with E-state index in [0.717, 1.165) is 47.3 Å². The van der Waals surface area contributed by atoms with Crippen LogP contribution in [-0.4, -0.2) is 61.3 Å². The number of aromatic nitrogens is 6. The lowest BCUT2D eigenvalue weighted by Gasteiger charge is -2.15. The van der Waals surface area contributed by atoms with E-state index in [-0.39, 0.29) is 5.82 Å². The van der Waals surface area contributed by atoms with E-state index < -0.39 is 0 Å². The first-order valence-corrected chi connectivity index (χ1v) is 13.1. The predicted octanol–water partition coefficient (Wildman–Crippen LogP) is 5.84. The Morgan fingerprint density at radius 2 is 1.79 bits per heavy atom. The third-order valence-electron chi connectivity index (χ3n) is 7.17. The molecule has 7 rings (SSSR count). The number of nitrogens with zero attached hydrogens (tertiary/aromatic N) is 5. The van der Waals surface area contributed by atoms with E-state index >= 15 is 0 Å². The number of H-pyrrole nitrogens is 2. The minimum Gasteiger partial charge on any atom is -0.492 e. The summed E-state index contributed by atoms with van der Waals surface area (Å²) in [5, 5.41) is 8.57. The average Bonchev–Trinajstić information content (AvgIpc) is 3.72. The van der Waals surface area contributed by atoms with Crippen LogP contribution in [0.25, 0.3) is 56.0 Å². The van der Waals surface area contributed by atoms with Crippen LogP contribution in [0.15, 0.2) is 73.1 Å². The maximum absolute atomic E-state index is 14.7. The summed E-state index contributed by atoms with van der Waals surface area (Å²) in [6.07, 6.45) is 5.93.